The van der Waals surface area contributed by atoms with Crippen molar-refractivity contribution in [2.75, 3.05) is 13.6 Å². The van der Waals surface area contributed by atoms with Crippen LogP contribution in [0.5, 0.6) is 0 Å². The van der Waals surface area contributed by atoms with E-state index in [-0.39, 0.29) is 0 Å². The fourth-order valence-electron chi connectivity index (χ4n) is 1.03. The van der Waals surface area contributed by atoms with E-state index in [4.69, 9.17) is 0 Å². The van der Waals surface area contributed by atoms with Crippen molar-refractivity contribution >= 4 is 28.9 Å². The molecular weight excluding hydrogens is 253 g/mol. The third-order valence-electron chi connectivity index (χ3n) is 1.54. The topological polar surface area (TPSA) is 18.8 Å². The van der Waals surface area contributed by atoms with E-state index in [1.54, 1.807) is 0 Å². The van der Waals surface area contributed by atoms with Gasteiger partial charge in [-0.25, -0.2) is 0 Å². The predicted octanol–water partition coefficient (Wildman–Crippen LogP) is 1.55. The second-order valence-corrected chi connectivity index (χ2v) is 4.32. The van der Waals surface area contributed by atoms with Crippen LogP contribution in [0, 0.1) is 5.92 Å². The number of nitrogens with zero attached hydrogens (tertiary/aromatic N) is 3. The van der Waals surface area contributed by atoms with Crippen molar-refractivity contribution in [2.24, 2.45) is 11.0 Å². The van der Waals surface area contributed by atoms with Crippen LogP contribution in [-0.2, 0) is 0 Å². The number of hydrogen-bond donors (Lipinski definition) is 0. The molecule has 0 spiro atoms. The molecule has 0 aromatic carbocycles. The minimum atomic E-state index is 0.398. The van der Waals surface area contributed by atoms with Crippen LogP contribution in [0.4, 0.5) is 0 Å². The molecule has 1 heterocycles. The van der Waals surface area contributed by atoms with Crippen LogP contribution in [0.1, 0.15) is 13.8 Å². The average molecular weight is 267 g/mol. The molecule has 0 amide bonds. The maximum Gasteiger partial charge on any atom is 0.171 e. The van der Waals surface area contributed by atoms with E-state index in [1.807, 2.05) is 18.4 Å². The van der Waals surface area contributed by atoms with Gasteiger partial charge >= 0.3 is 0 Å². The number of rotatable bonds is 2. The second kappa shape index (κ2) is 3.60. The average Bonchev–Trinajstić information content (AvgIpc) is 2.18. The molecule has 0 aromatic heterocycles. The molecule has 11 heavy (non-hydrogen) atoms. The van der Waals surface area contributed by atoms with Crippen LogP contribution in [0.3, 0.4) is 0 Å². The van der Waals surface area contributed by atoms with Crippen molar-refractivity contribution in [3.05, 3.63) is 0 Å². The van der Waals surface area contributed by atoms with Crippen LogP contribution in [0.15, 0.2) is 5.10 Å². The molecule has 1 rings (SSSR count). The monoisotopic (exact) mass is 267 g/mol. The van der Waals surface area contributed by atoms with Crippen molar-refractivity contribution < 1.29 is 0 Å². The molecule has 0 saturated heterocycles. The predicted molar refractivity (Wildman–Crippen MR) is 55.6 cm³/mol. The lowest BCUT2D eigenvalue weighted by Gasteiger charge is -2.24. The van der Waals surface area contributed by atoms with Crippen molar-refractivity contribution in [3.8, 4) is 0 Å². The van der Waals surface area contributed by atoms with Crippen LogP contribution in [0.25, 0.3) is 0 Å². The van der Waals surface area contributed by atoms with Crippen molar-refractivity contribution in [2.45, 2.75) is 18.0 Å². The highest BCUT2D eigenvalue weighted by Gasteiger charge is 2.21. The Morgan fingerprint density at radius 3 is 2.64 bits per heavy atom. The molecule has 1 unspecified atom stereocenters. The minimum Gasteiger partial charge on any atom is -0.331 e. The van der Waals surface area contributed by atoms with E-state index in [2.05, 4.69) is 46.4 Å². The van der Waals surface area contributed by atoms with E-state index < -0.39 is 0 Å². The first-order valence-electron chi connectivity index (χ1n) is 3.78. The summed E-state index contributed by atoms with van der Waals surface area (Å²) in [6.45, 7) is 5.52. The normalized spacial score (nSPS) is 23.9. The van der Waals surface area contributed by atoms with Gasteiger partial charge in [0, 0.05) is 13.6 Å². The lowest BCUT2D eigenvalue weighted by Crippen LogP contribution is -2.34. The van der Waals surface area contributed by atoms with Gasteiger partial charge in [-0.3, -0.25) is 5.01 Å². The molecule has 0 aromatic rings. The van der Waals surface area contributed by atoms with E-state index in [0.29, 0.717) is 10.1 Å². The lowest BCUT2D eigenvalue weighted by molar-refractivity contribution is 0.244. The van der Waals surface area contributed by atoms with Crippen molar-refractivity contribution in [1.29, 1.82) is 0 Å². The van der Waals surface area contributed by atoms with Gasteiger partial charge in [-0.15, -0.1) is 0 Å². The summed E-state index contributed by atoms with van der Waals surface area (Å²) in [4.78, 5) is 2.24. The zero-order valence-electron chi connectivity index (χ0n) is 7.16. The Morgan fingerprint density at radius 1 is 1.64 bits per heavy atom. The molecule has 1 atom stereocenters. The summed E-state index contributed by atoms with van der Waals surface area (Å²) in [6, 6.07) is 0. The van der Waals surface area contributed by atoms with Gasteiger partial charge in [0.15, 0.2) is 4.17 Å². The van der Waals surface area contributed by atoms with Gasteiger partial charge in [0.1, 0.15) is 6.34 Å². The Kier molecular flexibility index (Phi) is 2.98. The third kappa shape index (κ3) is 2.21. The molecule has 0 fully saturated rings. The molecule has 64 valence electrons. The van der Waals surface area contributed by atoms with Gasteiger partial charge < -0.3 is 4.90 Å². The number of alkyl halides is 1. The lowest BCUT2D eigenvalue weighted by atomic mass is 10.2. The molecule has 0 aliphatic carbocycles. The maximum atomic E-state index is 4.18. The van der Waals surface area contributed by atoms with E-state index in [1.165, 1.54) is 0 Å². The molecule has 1 aliphatic rings. The highest BCUT2D eigenvalue weighted by Crippen LogP contribution is 2.17. The Hall–Kier alpha value is 0. The first kappa shape index (κ1) is 9.09. The smallest absolute Gasteiger partial charge is 0.171 e. The fourth-order valence-corrected chi connectivity index (χ4v) is 1.54. The van der Waals surface area contributed by atoms with Crippen molar-refractivity contribution in [1.82, 2.24) is 9.91 Å². The van der Waals surface area contributed by atoms with Crippen LogP contribution in [0.2, 0.25) is 0 Å². The van der Waals surface area contributed by atoms with Gasteiger partial charge in [0.25, 0.3) is 0 Å². The summed E-state index contributed by atoms with van der Waals surface area (Å²) in [5.74, 6) is 0.699. The van der Waals surface area contributed by atoms with E-state index >= 15 is 0 Å². The summed E-state index contributed by atoms with van der Waals surface area (Å²) < 4.78 is 0.398. The van der Waals surface area contributed by atoms with Gasteiger partial charge in [0.05, 0.1) is 0 Å². The largest absolute Gasteiger partial charge is 0.331 e. The van der Waals surface area contributed by atoms with Crippen molar-refractivity contribution in [3.63, 3.8) is 0 Å². The highest BCUT2D eigenvalue weighted by molar-refractivity contribution is 14.1. The van der Waals surface area contributed by atoms with Crippen LogP contribution >= 0.6 is 22.6 Å². The molecule has 0 radical (unpaired) electrons. The summed E-state index contributed by atoms with van der Waals surface area (Å²) in [5, 5.41) is 6.14. The number of hydrogen-bond acceptors (Lipinski definition) is 3. The second-order valence-electron chi connectivity index (χ2n) is 3.21. The summed E-state index contributed by atoms with van der Waals surface area (Å²) in [6.07, 6.45) is 1.91. The fraction of sp³-hybridized carbons (Fsp3) is 0.857. The number of hydrazone groups is 1. The van der Waals surface area contributed by atoms with Crippen LogP contribution < -0.4 is 0 Å². The van der Waals surface area contributed by atoms with Gasteiger partial charge in [-0.05, 0) is 28.5 Å². The third-order valence-corrected chi connectivity index (χ3v) is 3.06. The SMILES string of the molecule is CC(C)CN1C=NN(C)C1I. The van der Waals surface area contributed by atoms with E-state index in [9.17, 15) is 0 Å². The number of halogens is 1. The summed E-state index contributed by atoms with van der Waals surface area (Å²) in [5.41, 5.74) is 0. The Labute approximate surface area is 81.6 Å². The standard InChI is InChI=1S/C7H14IN3/c1-6(2)4-11-5-9-10(3)7(11)8/h5-7H,4H2,1-3H3. The quantitative estimate of drug-likeness (QED) is 0.429. The molecule has 0 bridgehead atoms. The summed E-state index contributed by atoms with van der Waals surface area (Å²) in [7, 11) is 1.99. The molecule has 0 N–H and O–H groups in total. The Morgan fingerprint density at radius 2 is 2.27 bits per heavy atom. The van der Waals surface area contributed by atoms with E-state index in [0.717, 1.165) is 6.54 Å². The zero-order valence-corrected chi connectivity index (χ0v) is 9.32. The first-order chi connectivity index (χ1) is 5.11. The Bertz CT molecular complexity index is 158. The minimum absolute atomic E-state index is 0.398. The Balaban J connectivity index is 2.43. The summed E-state index contributed by atoms with van der Waals surface area (Å²) >= 11 is 2.38. The first-order valence-corrected chi connectivity index (χ1v) is 5.02. The van der Waals surface area contributed by atoms with Gasteiger partial charge in [-0.1, -0.05) is 13.8 Å². The maximum absolute atomic E-state index is 4.18. The zero-order chi connectivity index (χ0) is 8.43. The molecule has 1 aliphatic heterocycles. The van der Waals surface area contributed by atoms with Gasteiger partial charge in [0.2, 0.25) is 0 Å². The molecular formula is C7H14IN3. The van der Waals surface area contributed by atoms with Crippen LogP contribution in [-0.4, -0.2) is 34.0 Å². The molecule has 3 nitrogen and oxygen atoms in total. The van der Waals surface area contributed by atoms with Gasteiger partial charge in [-0.2, -0.15) is 5.10 Å². The molecule has 4 heteroatoms. The highest BCUT2D eigenvalue weighted by atomic mass is 127. The molecule has 0 saturated carbocycles.